The molecule has 0 aliphatic heterocycles. The van der Waals surface area contributed by atoms with E-state index in [9.17, 15) is 13.2 Å². The number of aromatic nitrogens is 2. The fourth-order valence-electron chi connectivity index (χ4n) is 2.89. The lowest BCUT2D eigenvalue weighted by molar-refractivity contribution is 0.0955. The van der Waals surface area contributed by atoms with E-state index < -0.39 is 15.9 Å². The predicted molar refractivity (Wildman–Crippen MR) is 115 cm³/mol. The lowest BCUT2D eigenvalue weighted by atomic mass is 10.2. The second kappa shape index (κ2) is 8.78. The Labute approximate surface area is 179 Å². The van der Waals surface area contributed by atoms with Gasteiger partial charge in [0.15, 0.2) is 0 Å². The third-order valence-electron chi connectivity index (χ3n) is 4.47. The van der Waals surface area contributed by atoms with Gasteiger partial charge in [0.2, 0.25) is 10.0 Å². The first-order valence-corrected chi connectivity index (χ1v) is 10.8. The van der Waals surface area contributed by atoms with E-state index in [0.717, 1.165) is 28.6 Å². The van der Waals surface area contributed by atoms with Gasteiger partial charge in [-0.15, -0.1) is 0 Å². The third-order valence-corrected chi connectivity index (χ3v) is 5.86. The molecule has 10 heteroatoms. The molecule has 0 bridgehead atoms. The number of nitrogens with zero attached hydrogens (tertiary/aromatic N) is 3. The summed E-state index contributed by atoms with van der Waals surface area (Å²) in [7, 11) is -4.05. The molecule has 0 saturated heterocycles. The van der Waals surface area contributed by atoms with E-state index in [4.69, 9.17) is 16.7 Å². The maximum atomic E-state index is 12.3. The molecule has 0 aliphatic rings. The molecule has 1 heterocycles. The van der Waals surface area contributed by atoms with E-state index in [1.165, 1.54) is 18.3 Å². The summed E-state index contributed by atoms with van der Waals surface area (Å²) in [5, 5.41) is 13.6. The topological polar surface area (TPSA) is 119 Å². The fourth-order valence-corrected chi connectivity index (χ4v) is 3.96. The average Bonchev–Trinajstić information content (AvgIpc) is 2.95. The summed E-state index contributed by atoms with van der Waals surface area (Å²) in [6, 6.07) is 13.7. The van der Waals surface area contributed by atoms with Crippen molar-refractivity contribution in [1.29, 1.82) is 0 Å². The highest BCUT2D eigenvalue weighted by atomic mass is 35.5. The van der Waals surface area contributed by atoms with Crippen LogP contribution >= 0.6 is 11.6 Å². The van der Waals surface area contributed by atoms with Gasteiger partial charge in [-0.05, 0) is 37.6 Å². The Morgan fingerprint density at radius 3 is 2.60 bits per heavy atom. The largest absolute Gasteiger partial charge is 0.271 e. The number of nitrogens with one attached hydrogen (secondary N) is 1. The van der Waals surface area contributed by atoms with E-state index >= 15 is 0 Å². The lowest BCUT2D eigenvalue weighted by Crippen LogP contribution is -2.19. The summed E-state index contributed by atoms with van der Waals surface area (Å²) in [6.45, 7) is 4.40. The number of nitrogens with two attached hydrogens (primary N) is 1. The summed E-state index contributed by atoms with van der Waals surface area (Å²) in [5.74, 6) is -0.597. The maximum absolute atomic E-state index is 12.3. The first-order valence-electron chi connectivity index (χ1n) is 8.90. The molecule has 1 aromatic heterocycles. The highest BCUT2D eigenvalue weighted by Crippen LogP contribution is 2.21. The SMILES string of the molecule is Cc1nn(Cc2ccccc2)c(C)c1C=NNC(=O)c1ccc(Cl)c(S(N)(=O)=O)c1. The Hall–Kier alpha value is -3.01. The number of carbonyl (C=O) groups is 1. The quantitative estimate of drug-likeness (QED) is 0.447. The van der Waals surface area contributed by atoms with Crippen LogP contribution in [0.2, 0.25) is 5.02 Å². The van der Waals surface area contributed by atoms with Crippen LogP contribution in [-0.2, 0) is 16.6 Å². The highest BCUT2D eigenvalue weighted by Gasteiger charge is 2.16. The first-order chi connectivity index (χ1) is 14.2. The summed E-state index contributed by atoms with van der Waals surface area (Å²) in [6.07, 6.45) is 1.51. The second-order valence-corrected chi connectivity index (χ2v) is 8.55. The van der Waals surface area contributed by atoms with Gasteiger partial charge in [0, 0.05) is 16.8 Å². The summed E-state index contributed by atoms with van der Waals surface area (Å²) < 4.78 is 25.0. The number of aryl methyl sites for hydroxylation is 1. The van der Waals surface area contributed by atoms with E-state index in [1.807, 2.05) is 48.9 Å². The van der Waals surface area contributed by atoms with Crippen LogP contribution in [0.1, 0.15) is 32.9 Å². The predicted octanol–water partition coefficient (Wildman–Crippen LogP) is 2.61. The number of hydrogen-bond donors (Lipinski definition) is 2. The van der Waals surface area contributed by atoms with Crippen molar-refractivity contribution in [1.82, 2.24) is 15.2 Å². The summed E-state index contributed by atoms with van der Waals surface area (Å²) in [4.78, 5) is 12.0. The first kappa shape index (κ1) is 21.7. The number of rotatable bonds is 6. The molecule has 3 aromatic rings. The monoisotopic (exact) mass is 445 g/mol. The van der Waals surface area contributed by atoms with Crippen LogP contribution in [0.25, 0.3) is 0 Å². The Kier molecular flexibility index (Phi) is 6.35. The second-order valence-electron chi connectivity index (χ2n) is 6.62. The lowest BCUT2D eigenvalue weighted by Gasteiger charge is -2.05. The molecule has 8 nitrogen and oxygen atoms in total. The van der Waals surface area contributed by atoms with Gasteiger partial charge >= 0.3 is 0 Å². The van der Waals surface area contributed by atoms with Crippen molar-refractivity contribution in [2.45, 2.75) is 25.3 Å². The number of amides is 1. The summed E-state index contributed by atoms with van der Waals surface area (Å²) in [5.41, 5.74) is 6.01. The molecule has 0 unspecified atom stereocenters. The zero-order chi connectivity index (χ0) is 21.9. The minimum Gasteiger partial charge on any atom is -0.267 e. The van der Waals surface area contributed by atoms with Crippen molar-refractivity contribution in [2.75, 3.05) is 0 Å². The van der Waals surface area contributed by atoms with E-state index in [0.29, 0.717) is 6.54 Å². The van der Waals surface area contributed by atoms with Crippen LogP contribution in [0, 0.1) is 13.8 Å². The summed E-state index contributed by atoms with van der Waals surface area (Å²) >= 11 is 5.84. The zero-order valence-electron chi connectivity index (χ0n) is 16.3. The molecule has 0 spiro atoms. The zero-order valence-corrected chi connectivity index (χ0v) is 17.9. The van der Waals surface area contributed by atoms with Crippen LogP contribution in [-0.4, -0.2) is 30.3 Å². The van der Waals surface area contributed by atoms with Gasteiger partial charge in [-0.1, -0.05) is 41.9 Å². The van der Waals surface area contributed by atoms with Crippen LogP contribution < -0.4 is 10.6 Å². The van der Waals surface area contributed by atoms with Crippen molar-refractivity contribution in [3.05, 3.63) is 81.6 Å². The van der Waals surface area contributed by atoms with Crippen LogP contribution in [0.4, 0.5) is 0 Å². The van der Waals surface area contributed by atoms with Gasteiger partial charge in [0.05, 0.1) is 23.5 Å². The number of hydrazone groups is 1. The third kappa shape index (κ3) is 4.93. The molecule has 3 N–H and O–H groups in total. The van der Waals surface area contributed by atoms with Crippen molar-refractivity contribution in [3.63, 3.8) is 0 Å². The van der Waals surface area contributed by atoms with E-state index in [1.54, 1.807) is 0 Å². The minimum absolute atomic E-state index is 0.0605. The number of halogens is 1. The van der Waals surface area contributed by atoms with Gasteiger partial charge in [0.1, 0.15) is 4.90 Å². The minimum atomic E-state index is -4.05. The van der Waals surface area contributed by atoms with Crippen LogP contribution in [0.3, 0.4) is 0 Å². The highest BCUT2D eigenvalue weighted by molar-refractivity contribution is 7.89. The van der Waals surface area contributed by atoms with Crippen molar-refractivity contribution in [2.24, 2.45) is 10.2 Å². The normalized spacial score (nSPS) is 11.7. The Bertz CT molecular complexity index is 1220. The molecule has 0 fully saturated rings. The van der Waals surface area contributed by atoms with E-state index in [-0.39, 0.29) is 15.5 Å². The Morgan fingerprint density at radius 2 is 1.93 bits per heavy atom. The molecule has 156 valence electrons. The molecular weight excluding hydrogens is 426 g/mol. The number of primary sulfonamides is 1. The Balaban J connectivity index is 1.75. The molecular formula is C20H20ClN5O3S. The number of benzene rings is 2. The van der Waals surface area contributed by atoms with Crippen molar-refractivity contribution < 1.29 is 13.2 Å². The average molecular weight is 446 g/mol. The van der Waals surface area contributed by atoms with Crippen LogP contribution in [0.5, 0.6) is 0 Å². The van der Waals surface area contributed by atoms with Gasteiger partial charge in [-0.2, -0.15) is 10.2 Å². The molecule has 2 aromatic carbocycles. The van der Waals surface area contributed by atoms with Gasteiger partial charge < -0.3 is 0 Å². The van der Waals surface area contributed by atoms with Gasteiger partial charge in [-0.3, -0.25) is 9.48 Å². The molecule has 0 atom stereocenters. The van der Waals surface area contributed by atoms with E-state index in [2.05, 4.69) is 15.6 Å². The number of hydrogen-bond acceptors (Lipinski definition) is 5. The van der Waals surface area contributed by atoms with Gasteiger partial charge in [0.25, 0.3) is 5.91 Å². The van der Waals surface area contributed by atoms with Crippen LogP contribution in [0.15, 0.2) is 58.5 Å². The molecule has 0 aliphatic carbocycles. The smallest absolute Gasteiger partial charge is 0.267 e. The van der Waals surface area contributed by atoms with Gasteiger partial charge in [-0.25, -0.2) is 19.0 Å². The molecule has 0 radical (unpaired) electrons. The Morgan fingerprint density at radius 1 is 1.23 bits per heavy atom. The number of sulfonamides is 1. The maximum Gasteiger partial charge on any atom is 0.271 e. The van der Waals surface area contributed by atoms with Crippen molar-refractivity contribution in [3.8, 4) is 0 Å². The number of carbonyl (C=O) groups excluding carboxylic acids is 1. The molecule has 1 amide bonds. The fraction of sp³-hybridized carbons (Fsp3) is 0.150. The molecule has 3 rings (SSSR count). The van der Waals surface area contributed by atoms with Crippen molar-refractivity contribution >= 4 is 33.7 Å². The standard InChI is InChI=1S/C20H20ClN5O3S/c1-13-17(14(2)26(25-13)12-15-6-4-3-5-7-15)11-23-24-20(27)16-8-9-18(21)19(10-16)30(22,28)29/h3-11H,12H2,1-2H3,(H,24,27)(H2,22,28,29). The molecule has 30 heavy (non-hydrogen) atoms. The molecule has 0 saturated carbocycles.